The molecule has 0 atom stereocenters. The van der Waals surface area contributed by atoms with Crippen LogP contribution in [0.1, 0.15) is 32.6 Å². The number of nitrogens with two attached hydrogens (primary N) is 1. The van der Waals surface area contributed by atoms with Crippen LogP contribution in [0.5, 0.6) is 5.75 Å². The quantitative estimate of drug-likeness (QED) is 0.812. The Balaban J connectivity index is 1.78. The lowest BCUT2D eigenvalue weighted by Gasteiger charge is -2.31. The number of nitrogens with zero attached hydrogens (tertiary/aromatic N) is 2. The molecule has 0 saturated carbocycles. The van der Waals surface area contributed by atoms with Crippen molar-refractivity contribution in [2.45, 2.75) is 32.6 Å². The van der Waals surface area contributed by atoms with E-state index in [1.54, 1.807) is 0 Å². The molecular weight excluding hydrogens is 294 g/mol. The molecule has 0 unspecified atom stereocenters. The first-order chi connectivity index (χ1) is 10.8. The van der Waals surface area contributed by atoms with Crippen molar-refractivity contribution in [3.63, 3.8) is 0 Å². The molecule has 5 heteroatoms. The van der Waals surface area contributed by atoms with Gasteiger partial charge in [-0.05, 0) is 24.6 Å². The molecule has 2 heterocycles. The number of nitrogen functional groups attached to an aromatic ring is 1. The van der Waals surface area contributed by atoms with E-state index in [1.807, 2.05) is 5.38 Å². The third-order valence-electron chi connectivity index (χ3n) is 4.02. The molecule has 1 aromatic carbocycles. The summed E-state index contributed by atoms with van der Waals surface area (Å²) in [5.74, 6) is 0.980. The van der Waals surface area contributed by atoms with E-state index in [4.69, 9.17) is 10.5 Å². The molecule has 1 aliphatic rings. The standard InChI is InChI=1S/C17H23N3OS/c1-2-3-4-5-8-20-9-10-21-16-7-6-13(11-15(16)20)14-12-22-17(18)19-14/h6-7,11-12H,2-5,8-10H2,1H3,(H2,18,19). The van der Waals surface area contributed by atoms with E-state index in [0.717, 1.165) is 36.7 Å². The Labute approximate surface area is 135 Å². The van der Waals surface area contributed by atoms with Crippen LogP contribution < -0.4 is 15.4 Å². The second-order valence-electron chi connectivity index (χ2n) is 5.65. The average Bonchev–Trinajstić information content (AvgIpc) is 2.98. The van der Waals surface area contributed by atoms with E-state index in [-0.39, 0.29) is 0 Å². The van der Waals surface area contributed by atoms with Crippen molar-refractivity contribution in [1.29, 1.82) is 0 Å². The van der Waals surface area contributed by atoms with Crippen molar-refractivity contribution >= 4 is 22.2 Å². The number of ether oxygens (including phenoxy) is 1. The lowest BCUT2D eigenvalue weighted by atomic mass is 10.1. The Bertz CT molecular complexity index is 626. The van der Waals surface area contributed by atoms with Gasteiger partial charge in [0.2, 0.25) is 0 Å². The highest BCUT2D eigenvalue weighted by atomic mass is 32.1. The molecule has 0 fully saturated rings. The van der Waals surface area contributed by atoms with Gasteiger partial charge in [-0.3, -0.25) is 0 Å². The van der Waals surface area contributed by atoms with Crippen LogP contribution in [0, 0.1) is 0 Å². The zero-order valence-corrected chi connectivity index (χ0v) is 13.9. The molecule has 2 aromatic rings. The number of unbranched alkanes of at least 4 members (excludes halogenated alkanes) is 3. The number of aromatic nitrogens is 1. The lowest BCUT2D eigenvalue weighted by Crippen LogP contribution is -2.33. The van der Waals surface area contributed by atoms with Gasteiger partial charge in [0.1, 0.15) is 12.4 Å². The van der Waals surface area contributed by atoms with Crippen LogP contribution in [-0.4, -0.2) is 24.7 Å². The Morgan fingerprint density at radius 3 is 3.00 bits per heavy atom. The van der Waals surface area contributed by atoms with Crippen molar-refractivity contribution in [1.82, 2.24) is 4.98 Å². The number of hydrogen-bond donors (Lipinski definition) is 1. The van der Waals surface area contributed by atoms with Crippen LogP contribution >= 0.6 is 11.3 Å². The van der Waals surface area contributed by atoms with Crippen LogP contribution in [0.25, 0.3) is 11.3 Å². The summed E-state index contributed by atoms with van der Waals surface area (Å²) in [4.78, 5) is 6.82. The molecule has 0 saturated heterocycles. The second kappa shape index (κ2) is 7.01. The van der Waals surface area contributed by atoms with Crippen LogP contribution in [0.3, 0.4) is 0 Å². The van der Waals surface area contributed by atoms with Crippen LogP contribution in [0.15, 0.2) is 23.6 Å². The number of rotatable bonds is 6. The van der Waals surface area contributed by atoms with Gasteiger partial charge in [0.05, 0.1) is 17.9 Å². The normalized spacial score (nSPS) is 13.8. The Kier molecular flexibility index (Phi) is 4.83. The van der Waals surface area contributed by atoms with Crippen molar-refractivity contribution in [3.8, 4) is 17.0 Å². The maximum Gasteiger partial charge on any atom is 0.180 e. The van der Waals surface area contributed by atoms with Crippen molar-refractivity contribution in [2.24, 2.45) is 0 Å². The molecule has 1 aromatic heterocycles. The number of hydrogen-bond acceptors (Lipinski definition) is 5. The van der Waals surface area contributed by atoms with Crippen molar-refractivity contribution < 1.29 is 4.74 Å². The molecule has 0 amide bonds. The Morgan fingerprint density at radius 1 is 1.32 bits per heavy atom. The van der Waals surface area contributed by atoms with Gasteiger partial charge in [-0.2, -0.15) is 0 Å². The summed E-state index contributed by atoms with van der Waals surface area (Å²) in [6.07, 6.45) is 5.12. The SMILES string of the molecule is CCCCCCN1CCOc2ccc(-c3csc(N)n3)cc21. The van der Waals surface area contributed by atoms with Gasteiger partial charge in [-0.25, -0.2) is 4.98 Å². The van der Waals surface area contributed by atoms with E-state index in [1.165, 1.54) is 42.7 Å². The summed E-state index contributed by atoms with van der Waals surface area (Å²) in [5, 5.41) is 2.62. The zero-order valence-electron chi connectivity index (χ0n) is 13.0. The minimum absolute atomic E-state index is 0.611. The highest BCUT2D eigenvalue weighted by molar-refractivity contribution is 7.13. The van der Waals surface area contributed by atoms with E-state index in [9.17, 15) is 0 Å². The lowest BCUT2D eigenvalue weighted by molar-refractivity contribution is 0.307. The minimum atomic E-state index is 0.611. The summed E-state index contributed by atoms with van der Waals surface area (Å²) >= 11 is 1.48. The fourth-order valence-corrected chi connectivity index (χ4v) is 3.39. The van der Waals surface area contributed by atoms with E-state index < -0.39 is 0 Å². The summed E-state index contributed by atoms with van der Waals surface area (Å²) in [6, 6.07) is 6.30. The van der Waals surface area contributed by atoms with E-state index in [0.29, 0.717) is 5.13 Å². The summed E-state index contributed by atoms with van der Waals surface area (Å²) in [5.41, 5.74) is 8.99. The zero-order chi connectivity index (χ0) is 15.4. The molecule has 4 nitrogen and oxygen atoms in total. The Morgan fingerprint density at radius 2 is 2.23 bits per heavy atom. The summed E-state index contributed by atoms with van der Waals surface area (Å²) in [7, 11) is 0. The third kappa shape index (κ3) is 3.35. The fraction of sp³-hybridized carbons (Fsp3) is 0.471. The molecule has 2 N–H and O–H groups in total. The fourth-order valence-electron chi connectivity index (χ4n) is 2.81. The monoisotopic (exact) mass is 317 g/mol. The molecule has 1 aliphatic heterocycles. The highest BCUT2D eigenvalue weighted by Gasteiger charge is 2.18. The topological polar surface area (TPSA) is 51.4 Å². The maximum atomic E-state index is 5.79. The van der Waals surface area contributed by atoms with Crippen LogP contribution in [-0.2, 0) is 0 Å². The van der Waals surface area contributed by atoms with E-state index >= 15 is 0 Å². The number of benzene rings is 1. The van der Waals surface area contributed by atoms with Crippen LogP contribution in [0.4, 0.5) is 10.8 Å². The smallest absolute Gasteiger partial charge is 0.180 e. The Hall–Kier alpha value is -1.75. The molecule has 0 aliphatic carbocycles. The molecular formula is C17H23N3OS. The van der Waals surface area contributed by atoms with E-state index in [2.05, 4.69) is 35.0 Å². The van der Waals surface area contributed by atoms with Crippen molar-refractivity contribution in [2.75, 3.05) is 30.3 Å². The molecule has 0 spiro atoms. The molecule has 3 rings (SSSR count). The average molecular weight is 317 g/mol. The summed E-state index contributed by atoms with van der Waals surface area (Å²) in [6.45, 7) is 5.07. The summed E-state index contributed by atoms with van der Waals surface area (Å²) < 4.78 is 5.79. The van der Waals surface area contributed by atoms with Gasteiger partial charge >= 0.3 is 0 Å². The molecule has 22 heavy (non-hydrogen) atoms. The first kappa shape index (κ1) is 15.2. The van der Waals surface area contributed by atoms with Gasteiger partial charge < -0.3 is 15.4 Å². The van der Waals surface area contributed by atoms with Gasteiger partial charge in [0, 0.05) is 17.5 Å². The van der Waals surface area contributed by atoms with Gasteiger partial charge in [0.15, 0.2) is 5.13 Å². The number of fused-ring (bicyclic) bond motifs is 1. The van der Waals surface area contributed by atoms with Crippen molar-refractivity contribution in [3.05, 3.63) is 23.6 Å². The number of anilines is 2. The maximum absolute atomic E-state index is 5.79. The second-order valence-corrected chi connectivity index (χ2v) is 6.54. The van der Waals surface area contributed by atoms with Crippen LogP contribution in [0.2, 0.25) is 0 Å². The molecule has 118 valence electrons. The first-order valence-electron chi connectivity index (χ1n) is 8.01. The third-order valence-corrected chi connectivity index (χ3v) is 4.69. The van der Waals surface area contributed by atoms with Gasteiger partial charge in [0.25, 0.3) is 0 Å². The van der Waals surface area contributed by atoms with Gasteiger partial charge in [-0.15, -0.1) is 11.3 Å². The molecule has 0 radical (unpaired) electrons. The highest BCUT2D eigenvalue weighted by Crippen LogP contribution is 2.36. The largest absolute Gasteiger partial charge is 0.490 e. The predicted octanol–water partition coefficient (Wildman–Crippen LogP) is 4.17. The first-order valence-corrected chi connectivity index (χ1v) is 8.89. The molecule has 0 bridgehead atoms. The minimum Gasteiger partial charge on any atom is -0.490 e. The van der Waals surface area contributed by atoms with Gasteiger partial charge in [-0.1, -0.05) is 26.2 Å². The number of thiazole rings is 1. The predicted molar refractivity (Wildman–Crippen MR) is 93.8 cm³/mol.